The Morgan fingerprint density at radius 3 is 2.31 bits per heavy atom. The number of hydrogen-bond donors (Lipinski definition) is 1. The molecule has 0 aliphatic carbocycles. The van der Waals surface area contributed by atoms with Crippen LogP contribution in [0.3, 0.4) is 0 Å². The van der Waals surface area contributed by atoms with Gasteiger partial charge in [0.15, 0.2) is 17.5 Å². The minimum absolute atomic E-state index is 0.589. The maximum Gasteiger partial charge on any atom is 0.203 e. The van der Waals surface area contributed by atoms with Crippen molar-refractivity contribution in [3.63, 3.8) is 0 Å². The molecule has 0 radical (unpaired) electrons. The molecule has 1 saturated heterocycles. The van der Waals surface area contributed by atoms with Crippen molar-refractivity contribution in [1.82, 2.24) is 20.3 Å². The van der Waals surface area contributed by atoms with E-state index in [4.69, 9.17) is 18.7 Å². The zero-order valence-corrected chi connectivity index (χ0v) is 17.5. The van der Waals surface area contributed by atoms with E-state index in [1.54, 1.807) is 34.6 Å². The fraction of sp³-hybridized carbons (Fsp3) is 0.500. The topological polar surface area (TPSA) is 84.6 Å². The second kappa shape index (κ2) is 10.0. The summed E-state index contributed by atoms with van der Waals surface area (Å²) in [5.74, 6) is 2.74. The van der Waals surface area contributed by atoms with Crippen LogP contribution in [-0.4, -0.2) is 75.5 Å². The maximum absolute atomic E-state index is 5.43. The quantitative estimate of drug-likeness (QED) is 0.551. The molecule has 3 rings (SSSR count). The summed E-state index contributed by atoms with van der Waals surface area (Å²) < 4.78 is 21.2. The second-order valence-corrected chi connectivity index (χ2v) is 6.69. The lowest BCUT2D eigenvalue weighted by Crippen LogP contribution is -2.52. The molecule has 2 heterocycles. The highest BCUT2D eigenvalue weighted by Gasteiger charge is 2.20. The molecule has 9 heteroatoms. The van der Waals surface area contributed by atoms with Crippen LogP contribution in [0.1, 0.15) is 11.3 Å². The lowest BCUT2D eigenvalue weighted by atomic mass is 10.1. The highest BCUT2D eigenvalue weighted by Crippen LogP contribution is 2.38. The maximum atomic E-state index is 5.43. The highest BCUT2D eigenvalue weighted by molar-refractivity contribution is 5.80. The Balaban J connectivity index is 1.57. The van der Waals surface area contributed by atoms with Crippen LogP contribution in [0.25, 0.3) is 0 Å². The van der Waals surface area contributed by atoms with E-state index in [-0.39, 0.29) is 0 Å². The minimum atomic E-state index is 0.589. The van der Waals surface area contributed by atoms with Crippen LogP contribution in [-0.2, 0) is 13.1 Å². The molecule has 0 spiro atoms. The van der Waals surface area contributed by atoms with E-state index in [1.807, 2.05) is 18.2 Å². The average Bonchev–Trinajstić information content (AvgIpc) is 3.27. The first-order valence-corrected chi connectivity index (χ1v) is 9.54. The van der Waals surface area contributed by atoms with E-state index < -0.39 is 0 Å². The Bertz CT molecular complexity index is 776. The molecular formula is C20H29N5O4. The van der Waals surface area contributed by atoms with Crippen LogP contribution < -0.4 is 19.5 Å². The molecule has 0 unspecified atom stereocenters. The fourth-order valence-electron chi connectivity index (χ4n) is 3.42. The molecule has 1 fully saturated rings. The molecule has 1 aromatic heterocycles. The van der Waals surface area contributed by atoms with Gasteiger partial charge in [0.2, 0.25) is 5.75 Å². The average molecular weight is 403 g/mol. The number of methoxy groups -OCH3 is 3. The molecule has 2 aromatic rings. The SMILES string of the molecule is CN=C(NCc1cc(OC)c(OC)c(OC)c1)N1CCN(Cc2ccon2)CC1. The Morgan fingerprint density at radius 1 is 1.10 bits per heavy atom. The summed E-state index contributed by atoms with van der Waals surface area (Å²) in [5.41, 5.74) is 1.98. The van der Waals surface area contributed by atoms with Crippen molar-refractivity contribution in [3.05, 3.63) is 35.7 Å². The number of ether oxygens (including phenoxy) is 3. The molecule has 0 saturated carbocycles. The number of piperazine rings is 1. The number of nitrogens with one attached hydrogen (secondary N) is 1. The predicted octanol–water partition coefficient (Wildman–Crippen LogP) is 1.59. The van der Waals surface area contributed by atoms with Crippen molar-refractivity contribution >= 4 is 5.96 Å². The monoisotopic (exact) mass is 403 g/mol. The molecule has 158 valence electrons. The number of benzene rings is 1. The second-order valence-electron chi connectivity index (χ2n) is 6.69. The van der Waals surface area contributed by atoms with Crippen LogP contribution in [0.15, 0.2) is 34.0 Å². The van der Waals surface area contributed by atoms with Gasteiger partial charge in [-0.3, -0.25) is 9.89 Å². The van der Waals surface area contributed by atoms with Gasteiger partial charge >= 0.3 is 0 Å². The van der Waals surface area contributed by atoms with E-state index in [1.165, 1.54) is 0 Å². The van der Waals surface area contributed by atoms with Gasteiger partial charge < -0.3 is 29.0 Å². The third-order valence-corrected chi connectivity index (χ3v) is 4.94. The summed E-state index contributed by atoms with van der Waals surface area (Å²) in [7, 11) is 6.64. The normalized spacial score (nSPS) is 15.3. The van der Waals surface area contributed by atoms with Crippen molar-refractivity contribution in [2.24, 2.45) is 4.99 Å². The molecule has 9 nitrogen and oxygen atoms in total. The van der Waals surface area contributed by atoms with Crippen molar-refractivity contribution < 1.29 is 18.7 Å². The van der Waals surface area contributed by atoms with Gasteiger partial charge in [-0.25, -0.2) is 0 Å². The van der Waals surface area contributed by atoms with E-state index in [2.05, 4.69) is 25.3 Å². The third-order valence-electron chi connectivity index (χ3n) is 4.94. The largest absolute Gasteiger partial charge is 0.493 e. The number of guanidine groups is 1. The van der Waals surface area contributed by atoms with Crippen LogP contribution >= 0.6 is 0 Å². The third kappa shape index (κ3) is 5.11. The van der Waals surface area contributed by atoms with E-state index in [9.17, 15) is 0 Å². The number of aliphatic imine (C=N–C) groups is 1. The summed E-state index contributed by atoms with van der Waals surface area (Å²) in [6, 6.07) is 5.79. The van der Waals surface area contributed by atoms with Crippen LogP contribution in [0, 0.1) is 0 Å². The number of hydrogen-bond acceptors (Lipinski definition) is 7. The van der Waals surface area contributed by atoms with E-state index >= 15 is 0 Å². The molecule has 0 atom stereocenters. The summed E-state index contributed by atoms with van der Waals surface area (Å²) in [5, 5.41) is 7.42. The standard InChI is InChI=1S/C20H29N5O4/c1-21-20(25-8-6-24(7-9-25)14-16-5-10-29-23-16)22-13-15-11-17(26-2)19(28-4)18(12-15)27-3/h5,10-12H,6-9,13-14H2,1-4H3,(H,21,22). The molecule has 1 aliphatic heterocycles. The smallest absolute Gasteiger partial charge is 0.203 e. The molecule has 1 aromatic carbocycles. The first-order chi connectivity index (χ1) is 14.2. The number of nitrogens with zero attached hydrogens (tertiary/aromatic N) is 4. The Labute approximate surface area is 171 Å². The summed E-state index contributed by atoms with van der Waals surface area (Å²) in [6.45, 7) is 5.08. The molecule has 29 heavy (non-hydrogen) atoms. The molecule has 1 aliphatic rings. The van der Waals surface area contributed by atoms with Crippen LogP contribution in [0.5, 0.6) is 17.2 Å². The van der Waals surface area contributed by atoms with Gasteiger partial charge in [-0.2, -0.15) is 0 Å². The number of aromatic nitrogens is 1. The Morgan fingerprint density at radius 2 is 1.79 bits per heavy atom. The van der Waals surface area contributed by atoms with Gasteiger partial charge in [0.25, 0.3) is 0 Å². The predicted molar refractivity (Wildman–Crippen MR) is 110 cm³/mol. The zero-order chi connectivity index (χ0) is 20.6. The first-order valence-electron chi connectivity index (χ1n) is 9.54. The van der Waals surface area contributed by atoms with Crippen LogP contribution in [0.2, 0.25) is 0 Å². The lowest BCUT2D eigenvalue weighted by Gasteiger charge is -2.36. The van der Waals surface area contributed by atoms with Crippen molar-refractivity contribution in [1.29, 1.82) is 0 Å². The molecule has 0 amide bonds. The van der Waals surface area contributed by atoms with E-state index in [0.717, 1.165) is 49.9 Å². The van der Waals surface area contributed by atoms with Gasteiger partial charge in [0.05, 0.1) is 27.0 Å². The van der Waals surface area contributed by atoms with Gasteiger partial charge in [-0.05, 0) is 17.7 Å². The van der Waals surface area contributed by atoms with Crippen molar-refractivity contribution in [2.75, 3.05) is 54.6 Å². The Hall–Kier alpha value is -2.94. The summed E-state index contributed by atoms with van der Waals surface area (Å²) in [6.07, 6.45) is 1.61. The van der Waals surface area contributed by atoms with Crippen molar-refractivity contribution in [2.45, 2.75) is 13.1 Å². The molecular weight excluding hydrogens is 374 g/mol. The summed E-state index contributed by atoms with van der Waals surface area (Å²) >= 11 is 0. The highest BCUT2D eigenvalue weighted by atomic mass is 16.5. The van der Waals surface area contributed by atoms with E-state index in [0.29, 0.717) is 23.8 Å². The van der Waals surface area contributed by atoms with Gasteiger partial charge in [0.1, 0.15) is 6.26 Å². The first kappa shape index (κ1) is 20.8. The van der Waals surface area contributed by atoms with Gasteiger partial charge in [-0.15, -0.1) is 0 Å². The number of rotatable bonds is 7. The van der Waals surface area contributed by atoms with Crippen LogP contribution in [0.4, 0.5) is 0 Å². The van der Waals surface area contributed by atoms with Crippen molar-refractivity contribution in [3.8, 4) is 17.2 Å². The fourth-order valence-corrected chi connectivity index (χ4v) is 3.42. The van der Waals surface area contributed by atoms with Gasteiger partial charge in [-0.1, -0.05) is 5.16 Å². The van der Waals surface area contributed by atoms with Gasteiger partial charge in [0, 0.05) is 52.4 Å². The Kier molecular flexibility index (Phi) is 7.18. The minimum Gasteiger partial charge on any atom is -0.493 e. The summed E-state index contributed by atoms with van der Waals surface area (Å²) in [4.78, 5) is 9.07. The zero-order valence-electron chi connectivity index (χ0n) is 17.5. The lowest BCUT2D eigenvalue weighted by molar-refractivity contribution is 0.169. The molecule has 1 N–H and O–H groups in total. The molecule has 0 bridgehead atoms.